The number of aryl methyl sites for hydroxylation is 3. The topological polar surface area (TPSA) is 166 Å². The van der Waals surface area contributed by atoms with Gasteiger partial charge in [0.15, 0.2) is 17.5 Å². The number of amides is 1. The smallest absolute Gasteiger partial charge is 0.251 e. The van der Waals surface area contributed by atoms with E-state index >= 15 is 0 Å². The molecule has 0 saturated carbocycles. The molecular formula is C70H63Cl3F6N16O. The quantitative estimate of drug-likeness (QED) is 0.0738. The summed E-state index contributed by atoms with van der Waals surface area (Å²) < 4.78 is 86.4. The number of anilines is 4. The first-order valence-electron chi connectivity index (χ1n) is 30.5. The third kappa shape index (κ3) is 17.5. The second kappa shape index (κ2) is 32.1. The second-order valence-electron chi connectivity index (χ2n) is 22.8. The van der Waals surface area contributed by atoms with Crippen molar-refractivity contribution in [2.45, 2.75) is 71.1 Å². The van der Waals surface area contributed by atoms with E-state index < -0.39 is 34.9 Å². The highest BCUT2D eigenvalue weighted by Crippen LogP contribution is 2.33. The molecule has 3 aliphatic rings. The normalized spacial score (nSPS) is 12.9. The molecule has 8 heterocycles. The second-order valence-corrected chi connectivity index (χ2v) is 24.0. The molecule has 12 rings (SSSR count). The van der Waals surface area contributed by atoms with Gasteiger partial charge in [-0.15, -0.1) is 0 Å². The van der Waals surface area contributed by atoms with Gasteiger partial charge in [0.05, 0.1) is 74.6 Å². The first-order chi connectivity index (χ1) is 46.3. The Morgan fingerprint density at radius 1 is 0.510 bits per heavy atom. The average Bonchev–Trinajstić information content (AvgIpc) is 0.896. The van der Waals surface area contributed by atoms with E-state index in [4.69, 9.17) is 39.8 Å². The number of benzene rings is 4. The van der Waals surface area contributed by atoms with Crippen LogP contribution in [0.4, 0.5) is 49.7 Å². The Labute approximate surface area is 567 Å². The maximum absolute atomic E-state index is 14.4. The zero-order valence-corrected chi connectivity index (χ0v) is 55.2. The number of nitrogens with one attached hydrogen (secondary N) is 1. The Morgan fingerprint density at radius 3 is 1.39 bits per heavy atom. The summed E-state index contributed by atoms with van der Waals surface area (Å²) >= 11 is 18.1. The van der Waals surface area contributed by atoms with Crippen LogP contribution >= 0.6 is 34.8 Å². The molecule has 0 spiro atoms. The number of fused-ring (bicyclic) bond motifs is 3. The van der Waals surface area contributed by atoms with Gasteiger partial charge in [-0.2, -0.15) is 5.10 Å². The Morgan fingerprint density at radius 2 is 0.938 bits per heavy atom. The van der Waals surface area contributed by atoms with Crippen molar-refractivity contribution in [3.8, 4) is 35.5 Å². The number of nitrogens with zero attached hydrogens (tertiary/aromatic N) is 15. The zero-order chi connectivity index (χ0) is 68.0. The number of carbonyl (C=O) groups is 1. The summed E-state index contributed by atoms with van der Waals surface area (Å²) in [5.41, 5.74) is 6.72. The van der Waals surface area contributed by atoms with Crippen molar-refractivity contribution >= 4 is 64.1 Å². The first-order valence-corrected chi connectivity index (χ1v) is 31.7. The molecule has 0 atom stereocenters. The molecule has 0 saturated heterocycles. The number of aromatic nitrogens is 10. The molecule has 492 valence electrons. The van der Waals surface area contributed by atoms with E-state index in [-0.39, 0.29) is 57.3 Å². The lowest BCUT2D eigenvalue weighted by atomic mass is 10.1. The molecule has 96 heavy (non-hydrogen) atoms. The van der Waals surface area contributed by atoms with Crippen LogP contribution in [-0.2, 0) is 45.4 Å². The fourth-order valence-corrected chi connectivity index (χ4v) is 11.0. The van der Waals surface area contributed by atoms with E-state index in [9.17, 15) is 31.1 Å². The molecule has 3 aliphatic heterocycles. The molecular weight excluding hydrogens is 1300 g/mol. The Kier molecular flexibility index (Phi) is 23.1. The molecule has 26 heteroatoms. The third-order valence-corrected chi connectivity index (χ3v) is 16.6. The van der Waals surface area contributed by atoms with Crippen LogP contribution in [-0.4, -0.2) is 122 Å². The highest BCUT2D eigenvalue weighted by molar-refractivity contribution is 6.32. The summed E-state index contributed by atoms with van der Waals surface area (Å²) in [6.45, 7) is 3.83. The highest BCUT2D eigenvalue weighted by Gasteiger charge is 2.27. The van der Waals surface area contributed by atoms with Crippen molar-refractivity contribution in [3.05, 3.63) is 227 Å². The van der Waals surface area contributed by atoms with Gasteiger partial charge >= 0.3 is 0 Å². The van der Waals surface area contributed by atoms with Crippen molar-refractivity contribution in [1.82, 2.24) is 59.9 Å². The predicted molar refractivity (Wildman–Crippen MR) is 358 cm³/mol. The summed E-state index contributed by atoms with van der Waals surface area (Å²) in [6, 6.07) is 13.3. The molecule has 0 radical (unpaired) electrons. The van der Waals surface area contributed by atoms with Gasteiger partial charge in [-0.05, 0) is 131 Å². The maximum Gasteiger partial charge on any atom is 0.251 e. The fraction of sp³-hybridized carbons (Fsp3) is 0.286. The predicted octanol–water partition coefficient (Wildman–Crippen LogP) is 11.6. The van der Waals surface area contributed by atoms with Crippen molar-refractivity contribution in [1.29, 1.82) is 0 Å². The van der Waals surface area contributed by atoms with Crippen molar-refractivity contribution in [3.63, 3.8) is 0 Å². The summed E-state index contributed by atoms with van der Waals surface area (Å²) in [5, 5.41) is 6.27. The molecule has 0 unspecified atom stereocenters. The van der Waals surface area contributed by atoms with Crippen LogP contribution in [0.2, 0.25) is 15.1 Å². The number of hydrogen-bond donors (Lipinski definition) is 1. The van der Waals surface area contributed by atoms with Gasteiger partial charge in [-0.1, -0.05) is 58.6 Å². The summed E-state index contributed by atoms with van der Waals surface area (Å²) in [6.07, 6.45) is 17.5. The van der Waals surface area contributed by atoms with E-state index in [0.717, 1.165) is 117 Å². The minimum Gasteiger partial charge on any atom is -0.355 e. The molecule has 4 aromatic carbocycles. The zero-order valence-electron chi connectivity index (χ0n) is 52.9. The fourth-order valence-electron chi connectivity index (χ4n) is 10.4. The van der Waals surface area contributed by atoms with E-state index in [0.29, 0.717) is 76.8 Å². The van der Waals surface area contributed by atoms with Gasteiger partial charge in [0.1, 0.15) is 52.0 Å². The van der Waals surface area contributed by atoms with Crippen LogP contribution in [0.3, 0.4) is 0 Å². The molecule has 0 fully saturated rings. The summed E-state index contributed by atoms with van der Waals surface area (Å²) in [4.78, 5) is 57.2. The lowest BCUT2D eigenvalue weighted by Crippen LogP contribution is -2.31. The van der Waals surface area contributed by atoms with E-state index in [2.05, 4.69) is 85.7 Å². The van der Waals surface area contributed by atoms with Gasteiger partial charge in [0.25, 0.3) is 5.91 Å². The molecule has 1 N–H and O–H groups in total. The number of likely N-dealkylation sites (N-methyl/N-ethyl adjacent to an activating group) is 1. The van der Waals surface area contributed by atoms with Crippen LogP contribution in [0.25, 0.3) is 0 Å². The van der Waals surface area contributed by atoms with Crippen molar-refractivity contribution in [2.24, 2.45) is 0 Å². The van der Waals surface area contributed by atoms with Gasteiger partial charge in [-0.25, -0.2) is 51.3 Å². The maximum atomic E-state index is 14.4. The Balaban J connectivity index is 0.000000157. The molecule has 17 nitrogen and oxygen atoms in total. The van der Waals surface area contributed by atoms with E-state index in [1.165, 1.54) is 0 Å². The standard InChI is InChI=1S/C24H25ClF2N6.C24H19ClF2N4O.C22H19ClF2N6/c1-31(2)11-12-33-15-17(13-29-33)6-7-18-14-28-22-5-3-4-10-32(24(22)30-18)16-19-20(26)8-9-21(27)23(19)25;1-28-24(32)16-5-2-4-15(12-16)7-8-17-13-29-21-6-3-11-31(23(21)30-17)14-18-19(26)9-10-20(27)22(18)25;1-30(2)22-27-10-14(11-28-22)5-6-15-12-26-19-4-3-9-31(21(19)29-15)13-16-17(24)7-8-18(25)20(16)23/h8-9,13-15H,3-5,10-12,16H2,1-2H3;2,4-5,9-10,12-13H,3,6,11,14H2,1H3,(H,28,32);7-8,10-12H,3-4,9,13H2,1-2H3. The minimum atomic E-state index is -0.662. The number of hydrogen-bond acceptors (Lipinski definition) is 15. The molecule has 1 amide bonds. The molecule has 5 aromatic heterocycles. The molecule has 9 aromatic rings. The number of rotatable bonds is 11. The number of halogens is 9. The van der Waals surface area contributed by atoms with Crippen molar-refractivity contribution < 1.29 is 31.1 Å². The number of carbonyl (C=O) groups excluding carboxylic acids is 1. The van der Waals surface area contributed by atoms with Crippen LogP contribution in [0.5, 0.6) is 0 Å². The summed E-state index contributed by atoms with van der Waals surface area (Å²) in [7, 11) is 9.32. The van der Waals surface area contributed by atoms with Gasteiger partial charge in [-0.3, -0.25) is 24.4 Å². The average molecular weight is 1360 g/mol. The molecule has 0 bridgehead atoms. The van der Waals surface area contributed by atoms with Gasteiger partial charge in [0.2, 0.25) is 5.95 Å². The SMILES string of the molecule is CN(C)CCn1cc(C#Cc2cnc3c(n2)N(Cc2c(F)ccc(F)c2Cl)CCCC3)cn1.CN(C)c1ncc(C#Cc2cnc3c(n2)N(Cc2c(F)ccc(F)c2Cl)CCC3)cn1.CNC(=O)c1cccc(C#Cc2cnc3c(n2)N(Cc2c(F)ccc(F)c2Cl)CCC3)c1. The van der Waals surface area contributed by atoms with Gasteiger partial charge in [0, 0.05) is 113 Å². The Bertz CT molecular complexity index is 4520. The minimum absolute atomic E-state index is 0.0785. The highest BCUT2D eigenvalue weighted by atomic mass is 35.5. The lowest BCUT2D eigenvalue weighted by molar-refractivity contribution is 0.0963. The van der Waals surface area contributed by atoms with E-state index in [1.54, 1.807) is 73.4 Å². The summed E-state index contributed by atoms with van der Waals surface area (Å²) in [5.74, 6) is 16.7. The first kappa shape index (κ1) is 69.0. The van der Waals surface area contributed by atoms with Crippen molar-refractivity contribution in [2.75, 3.05) is 81.0 Å². The van der Waals surface area contributed by atoms with E-state index in [1.807, 2.05) is 53.8 Å². The van der Waals surface area contributed by atoms with Crippen LogP contribution in [0.1, 0.15) is 104 Å². The largest absolute Gasteiger partial charge is 0.355 e. The van der Waals surface area contributed by atoms with Crippen LogP contribution < -0.4 is 24.9 Å². The molecule has 0 aliphatic carbocycles. The van der Waals surface area contributed by atoms with Crippen LogP contribution in [0, 0.1) is 70.4 Å². The van der Waals surface area contributed by atoms with Crippen LogP contribution in [0.15, 0.2) is 104 Å². The van der Waals surface area contributed by atoms with Gasteiger partial charge < -0.3 is 29.8 Å². The Hall–Kier alpha value is -9.83. The monoisotopic (exact) mass is 1360 g/mol. The lowest BCUT2D eigenvalue weighted by Gasteiger charge is -2.29. The third-order valence-electron chi connectivity index (χ3n) is 15.4.